The first kappa shape index (κ1) is 12.0. The van der Waals surface area contributed by atoms with Crippen LogP contribution in [0.2, 0.25) is 0 Å². The number of nitrogens with zero attached hydrogens (tertiary/aromatic N) is 3. The SMILES string of the molecule is CC(C)(C)c1nnsc1CN1CCNCC1. The maximum atomic E-state index is 4.28. The van der Waals surface area contributed by atoms with E-state index in [1.807, 2.05) is 0 Å². The summed E-state index contributed by atoms with van der Waals surface area (Å²) in [4.78, 5) is 3.80. The molecule has 4 nitrogen and oxygen atoms in total. The monoisotopic (exact) mass is 240 g/mol. The van der Waals surface area contributed by atoms with E-state index < -0.39 is 0 Å². The van der Waals surface area contributed by atoms with Crippen LogP contribution in [0.15, 0.2) is 0 Å². The smallest absolute Gasteiger partial charge is 0.0854 e. The van der Waals surface area contributed by atoms with Crippen molar-refractivity contribution in [3.8, 4) is 0 Å². The molecule has 1 aromatic heterocycles. The summed E-state index contributed by atoms with van der Waals surface area (Å²) < 4.78 is 4.10. The third-order valence-corrected chi connectivity index (χ3v) is 3.55. The zero-order valence-corrected chi connectivity index (χ0v) is 11.1. The third kappa shape index (κ3) is 2.78. The summed E-state index contributed by atoms with van der Waals surface area (Å²) in [6.45, 7) is 12.0. The second-order valence-corrected chi connectivity index (χ2v) is 6.16. The van der Waals surface area contributed by atoms with Gasteiger partial charge in [-0.1, -0.05) is 25.3 Å². The molecule has 1 fully saturated rings. The van der Waals surface area contributed by atoms with E-state index in [0.717, 1.165) is 38.4 Å². The number of hydrogen-bond donors (Lipinski definition) is 1. The first-order valence-corrected chi connectivity index (χ1v) is 6.59. The lowest BCUT2D eigenvalue weighted by molar-refractivity contribution is 0.233. The minimum absolute atomic E-state index is 0.108. The van der Waals surface area contributed by atoms with Crippen molar-refractivity contribution >= 4 is 11.5 Å². The summed E-state index contributed by atoms with van der Waals surface area (Å²) in [5.74, 6) is 0. The number of rotatable bonds is 2. The molecule has 1 aromatic rings. The highest BCUT2D eigenvalue weighted by molar-refractivity contribution is 7.05. The zero-order chi connectivity index (χ0) is 11.6. The van der Waals surface area contributed by atoms with Gasteiger partial charge in [-0.2, -0.15) is 0 Å². The number of aromatic nitrogens is 2. The molecule has 1 aliphatic heterocycles. The fraction of sp³-hybridized carbons (Fsp3) is 0.818. The maximum Gasteiger partial charge on any atom is 0.0854 e. The highest BCUT2D eigenvalue weighted by Crippen LogP contribution is 2.26. The molecule has 1 aliphatic rings. The Hall–Kier alpha value is -0.520. The summed E-state index contributed by atoms with van der Waals surface area (Å²) in [6, 6.07) is 0. The van der Waals surface area contributed by atoms with E-state index in [1.54, 1.807) is 11.5 Å². The Morgan fingerprint density at radius 2 is 2.00 bits per heavy atom. The molecule has 0 aromatic carbocycles. The van der Waals surface area contributed by atoms with Crippen LogP contribution in [0.1, 0.15) is 31.3 Å². The molecular formula is C11H20N4S. The topological polar surface area (TPSA) is 41.1 Å². The molecule has 0 unspecified atom stereocenters. The van der Waals surface area contributed by atoms with E-state index in [0.29, 0.717) is 0 Å². The molecule has 0 radical (unpaired) electrons. The summed E-state index contributed by atoms with van der Waals surface area (Å²) in [5.41, 5.74) is 1.27. The lowest BCUT2D eigenvalue weighted by atomic mass is 9.91. The molecule has 0 bridgehead atoms. The van der Waals surface area contributed by atoms with Crippen molar-refractivity contribution in [1.29, 1.82) is 0 Å². The molecule has 0 amide bonds. The van der Waals surface area contributed by atoms with Crippen LogP contribution >= 0.6 is 11.5 Å². The van der Waals surface area contributed by atoms with Crippen molar-refractivity contribution in [2.45, 2.75) is 32.7 Å². The Morgan fingerprint density at radius 1 is 1.31 bits per heavy atom. The van der Waals surface area contributed by atoms with Crippen LogP contribution in [0.3, 0.4) is 0 Å². The molecule has 2 heterocycles. The lowest BCUT2D eigenvalue weighted by Crippen LogP contribution is -2.43. The van der Waals surface area contributed by atoms with Gasteiger partial charge >= 0.3 is 0 Å². The van der Waals surface area contributed by atoms with Crippen LogP contribution in [-0.4, -0.2) is 40.7 Å². The van der Waals surface area contributed by atoms with Gasteiger partial charge in [0.05, 0.1) is 10.6 Å². The molecule has 1 saturated heterocycles. The molecule has 1 N–H and O–H groups in total. The molecule has 0 aliphatic carbocycles. The van der Waals surface area contributed by atoms with Crippen LogP contribution in [-0.2, 0) is 12.0 Å². The van der Waals surface area contributed by atoms with Crippen LogP contribution in [0.4, 0.5) is 0 Å². The van der Waals surface area contributed by atoms with Gasteiger partial charge in [0, 0.05) is 38.1 Å². The minimum Gasteiger partial charge on any atom is -0.314 e. The molecule has 2 rings (SSSR count). The third-order valence-electron chi connectivity index (χ3n) is 2.84. The Morgan fingerprint density at radius 3 is 2.62 bits per heavy atom. The van der Waals surface area contributed by atoms with Gasteiger partial charge in [-0.3, -0.25) is 4.90 Å². The highest BCUT2D eigenvalue weighted by Gasteiger charge is 2.23. The maximum absolute atomic E-state index is 4.28. The van der Waals surface area contributed by atoms with E-state index in [-0.39, 0.29) is 5.41 Å². The molecular weight excluding hydrogens is 220 g/mol. The van der Waals surface area contributed by atoms with Gasteiger partial charge in [0.25, 0.3) is 0 Å². The van der Waals surface area contributed by atoms with Gasteiger partial charge < -0.3 is 5.32 Å². The summed E-state index contributed by atoms with van der Waals surface area (Å²) >= 11 is 1.55. The second-order valence-electron chi connectivity index (χ2n) is 5.32. The molecule has 16 heavy (non-hydrogen) atoms. The molecule has 0 spiro atoms. The molecule has 5 heteroatoms. The van der Waals surface area contributed by atoms with Gasteiger partial charge in [-0.05, 0) is 11.5 Å². The fourth-order valence-corrected chi connectivity index (χ4v) is 2.85. The van der Waals surface area contributed by atoms with Crippen LogP contribution < -0.4 is 5.32 Å². The van der Waals surface area contributed by atoms with Gasteiger partial charge in [0.15, 0.2) is 0 Å². The predicted octanol–water partition coefficient (Wildman–Crippen LogP) is 1.24. The number of piperazine rings is 1. The average molecular weight is 240 g/mol. The highest BCUT2D eigenvalue weighted by atomic mass is 32.1. The van der Waals surface area contributed by atoms with Crippen molar-refractivity contribution in [2.24, 2.45) is 0 Å². The average Bonchev–Trinajstić information content (AvgIpc) is 2.67. The van der Waals surface area contributed by atoms with E-state index in [2.05, 4.69) is 40.6 Å². The van der Waals surface area contributed by atoms with Gasteiger partial charge in [-0.15, -0.1) is 5.10 Å². The Balaban J connectivity index is 2.06. The quantitative estimate of drug-likeness (QED) is 0.844. The number of hydrogen-bond acceptors (Lipinski definition) is 5. The van der Waals surface area contributed by atoms with Crippen molar-refractivity contribution in [3.05, 3.63) is 10.6 Å². The first-order valence-electron chi connectivity index (χ1n) is 5.82. The fourth-order valence-electron chi connectivity index (χ4n) is 1.95. The predicted molar refractivity (Wildman–Crippen MR) is 66.8 cm³/mol. The van der Waals surface area contributed by atoms with Crippen molar-refractivity contribution in [3.63, 3.8) is 0 Å². The van der Waals surface area contributed by atoms with Gasteiger partial charge in [-0.25, -0.2) is 0 Å². The minimum atomic E-state index is 0.108. The summed E-state index contributed by atoms with van der Waals surface area (Å²) in [5, 5.41) is 7.65. The van der Waals surface area contributed by atoms with Gasteiger partial charge in [0.1, 0.15) is 0 Å². The zero-order valence-electron chi connectivity index (χ0n) is 10.3. The van der Waals surface area contributed by atoms with E-state index in [4.69, 9.17) is 0 Å². The van der Waals surface area contributed by atoms with Crippen molar-refractivity contribution in [2.75, 3.05) is 26.2 Å². The van der Waals surface area contributed by atoms with Gasteiger partial charge in [0.2, 0.25) is 0 Å². The van der Waals surface area contributed by atoms with Crippen LogP contribution in [0, 0.1) is 0 Å². The summed E-state index contributed by atoms with van der Waals surface area (Å²) in [6.07, 6.45) is 0. The molecule has 0 atom stereocenters. The van der Waals surface area contributed by atoms with Crippen LogP contribution in [0.5, 0.6) is 0 Å². The summed E-state index contributed by atoms with van der Waals surface area (Å²) in [7, 11) is 0. The molecule has 0 saturated carbocycles. The first-order chi connectivity index (χ1) is 7.57. The largest absolute Gasteiger partial charge is 0.314 e. The lowest BCUT2D eigenvalue weighted by Gasteiger charge is -2.27. The van der Waals surface area contributed by atoms with Crippen LogP contribution in [0.25, 0.3) is 0 Å². The van der Waals surface area contributed by atoms with E-state index in [9.17, 15) is 0 Å². The van der Waals surface area contributed by atoms with Crippen molar-refractivity contribution in [1.82, 2.24) is 19.8 Å². The Kier molecular flexibility index (Phi) is 3.56. The second kappa shape index (κ2) is 4.77. The normalized spacial score (nSPS) is 18.9. The van der Waals surface area contributed by atoms with E-state index >= 15 is 0 Å². The Labute approximate surface area is 101 Å². The van der Waals surface area contributed by atoms with E-state index in [1.165, 1.54) is 4.88 Å². The number of nitrogens with one attached hydrogen (secondary N) is 1. The molecule has 90 valence electrons. The standard InChI is InChI=1S/C11H20N4S/c1-11(2,3)10-9(16-14-13-10)8-15-6-4-12-5-7-15/h12H,4-8H2,1-3H3. The Bertz CT molecular complexity index is 336. The van der Waals surface area contributed by atoms with Crippen molar-refractivity contribution < 1.29 is 0 Å².